The van der Waals surface area contributed by atoms with Crippen molar-refractivity contribution in [3.63, 3.8) is 0 Å². The fraction of sp³-hybridized carbons (Fsp3) is 1.00. The number of hydrogen-bond donors (Lipinski definition) is 1. The van der Waals surface area contributed by atoms with Crippen LogP contribution in [0.25, 0.3) is 0 Å². The average molecular weight is 168 g/mol. The molecule has 0 aromatic rings. The van der Waals surface area contributed by atoms with Crippen molar-refractivity contribution in [2.24, 2.45) is 17.6 Å². The maximum absolute atomic E-state index is 5.75. The molecule has 0 spiro atoms. The normalized spacial score (nSPS) is 46.0. The highest BCUT2D eigenvalue weighted by atomic mass is 15.2. The van der Waals surface area contributed by atoms with E-state index in [2.05, 4.69) is 18.9 Å². The van der Waals surface area contributed by atoms with Crippen LogP contribution in [0.3, 0.4) is 0 Å². The molecule has 2 aliphatic rings. The van der Waals surface area contributed by atoms with Crippen LogP contribution in [0.15, 0.2) is 0 Å². The second kappa shape index (κ2) is 3.00. The Morgan fingerprint density at radius 1 is 1.33 bits per heavy atom. The molecule has 0 aromatic heterocycles. The van der Waals surface area contributed by atoms with Crippen LogP contribution < -0.4 is 5.73 Å². The zero-order chi connectivity index (χ0) is 8.72. The largest absolute Gasteiger partial charge is 0.328 e. The second-order valence-electron chi connectivity index (χ2n) is 4.80. The lowest BCUT2D eigenvalue weighted by molar-refractivity contribution is 0.132. The zero-order valence-electron chi connectivity index (χ0n) is 8.16. The molecule has 0 saturated heterocycles. The molecule has 0 radical (unpaired) electrons. The molecule has 2 fully saturated rings. The van der Waals surface area contributed by atoms with E-state index in [-0.39, 0.29) is 0 Å². The Morgan fingerprint density at radius 2 is 1.92 bits per heavy atom. The molecule has 70 valence electrons. The molecule has 0 heterocycles. The van der Waals surface area contributed by atoms with Gasteiger partial charge in [0.05, 0.1) is 0 Å². The lowest BCUT2D eigenvalue weighted by Crippen LogP contribution is -2.49. The second-order valence-corrected chi connectivity index (χ2v) is 4.80. The number of rotatable bonds is 3. The number of nitrogens with two attached hydrogens (primary N) is 1. The van der Waals surface area contributed by atoms with Gasteiger partial charge in [0.15, 0.2) is 0 Å². The molecule has 2 N–H and O–H groups in total. The third kappa shape index (κ3) is 1.64. The van der Waals surface area contributed by atoms with Crippen molar-refractivity contribution < 1.29 is 0 Å². The van der Waals surface area contributed by atoms with Crippen LogP contribution in [-0.4, -0.2) is 30.6 Å². The van der Waals surface area contributed by atoms with Crippen molar-refractivity contribution >= 4 is 0 Å². The SMILES string of the molecule is CC1CC1CN(C)C1CC(N)C1. The molecular formula is C10H20N2. The predicted molar refractivity (Wildman–Crippen MR) is 50.9 cm³/mol. The standard InChI is InChI=1S/C10H20N2/c1-7-3-8(7)6-12(2)10-4-9(11)5-10/h7-10H,3-6,11H2,1-2H3. The minimum absolute atomic E-state index is 0.495. The first-order chi connectivity index (χ1) is 5.66. The number of hydrogen-bond acceptors (Lipinski definition) is 2. The minimum atomic E-state index is 0.495. The monoisotopic (exact) mass is 168 g/mol. The zero-order valence-corrected chi connectivity index (χ0v) is 8.16. The van der Waals surface area contributed by atoms with Gasteiger partial charge in [0.2, 0.25) is 0 Å². The van der Waals surface area contributed by atoms with Crippen molar-refractivity contribution in [2.75, 3.05) is 13.6 Å². The highest BCUT2D eigenvalue weighted by Crippen LogP contribution is 2.39. The van der Waals surface area contributed by atoms with E-state index in [1.165, 1.54) is 25.8 Å². The molecule has 2 unspecified atom stereocenters. The third-order valence-corrected chi connectivity index (χ3v) is 3.57. The van der Waals surface area contributed by atoms with Crippen LogP contribution in [0.1, 0.15) is 26.2 Å². The molecule has 2 saturated carbocycles. The summed E-state index contributed by atoms with van der Waals surface area (Å²) >= 11 is 0. The summed E-state index contributed by atoms with van der Waals surface area (Å²) in [6.07, 6.45) is 3.89. The quantitative estimate of drug-likeness (QED) is 0.683. The summed E-state index contributed by atoms with van der Waals surface area (Å²) in [6, 6.07) is 1.29. The first kappa shape index (κ1) is 8.52. The smallest absolute Gasteiger partial charge is 0.0122 e. The van der Waals surface area contributed by atoms with Crippen LogP contribution in [0.5, 0.6) is 0 Å². The summed E-state index contributed by atoms with van der Waals surface area (Å²) < 4.78 is 0. The minimum Gasteiger partial charge on any atom is -0.328 e. The lowest BCUT2D eigenvalue weighted by atomic mass is 9.86. The Bertz CT molecular complexity index is 163. The van der Waals surface area contributed by atoms with E-state index >= 15 is 0 Å². The van der Waals surface area contributed by atoms with Gasteiger partial charge in [-0.3, -0.25) is 0 Å². The highest BCUT2D eigenvalue weighted by Gasteiger charge is 2.36. The van der Waals surface area contributed by atoms with Gasteiger partial charge in [-0.1, -0.05) is 6.92 Å². The maximum atomic E-state index is 5.75. The Kier molecular flexibility index (Phi) is 2.13. The molecule has 0 bridgehead atoms. The summed E-state index contributed by atoms with van der Waals surface area (Å²) in [7, 11) is 2.25. The van der Waals surface area contributed by atoms with E-state index in [4.69, 9.17) is 5.73 Å². The fourth-order valence-electron chi connectivity index (χ4n) is 2.16. The summed E-state index contributed by atoms with van der Waals surface area (Å²) in [5, 5.41) is 0. The Hall–Kier alpha value is -0.0800. The summed E-state index contributed by atoms with van der Waals surface area (Å²) in [4.78, 5) is 2.51. The van der Waals surface area contributed by atoms with Crippen LogP contribution >= 0.6 is 0 Å². The van der Waals surface area contributed by atoms with Gasteiger partial charge >= 0.3 is 0 Å². The van der Waals surface area contributed by atoms with E-state index in [9.17, 15) is 0 Å². The van der Waals surface area contributed by atoms with Gasteiger partial charge in [-0.25, -0.2) is 0 Å². The maximum Gasteiger partial charge on any atom is 0.0122 e. The van der Waals surface area contributed by atoms with Gasteiger partial charge in [-0.05, 0) is 38.1 Å². The van der Waals surface area contributed by atoms with Gasteiger partial charge in [0.25, 0.3) is 0 Å². The van der Waals surface area contributed by atoms with Gasteiger partial charge < -0.3 is 10.6 Å². The molecule has 12 heavy (non-hydrogen) atoms. The summed E-state index contributed by atoms with van der Waals surface area (Å²) in [5.74, 6) is 1.98. The Labute approximate surface area is 75.1 Å². The van der Waals surface area contributed by atoms with E-state index in [1.54, 1.807) is 0 Å². The molecule has 2 rings (SSSR count). The molecule has 0 aliphatic heterocycles. The van der Waals surface area contributed by atoms with Crippen molar-refractivity contribution in [3.05, 3.63) is 0 Å². The fourth-order valence-corrected chi connectivity index (χ4v) is 2.16. The van der Waals surface area contributed by atoms with Crippen LogP contribution in [-0.2, 0) is 0 Å². The molecular weight excluding hydrogens is 148 g/mol. The average Bonchev–Trinajstić information content (AvgIpc) is 2.60. The van der Waals surface area contributed by atoms with Gasteiger partial charge in [-0.15, -0.1) is 0 Å². The molecule has 0 amide bonds. The summed E-state index contributed by atoms with van der Waals surface area (Å²) in [6.45, 7) is 3.66. The van der Waals surface area contributed by atoms with Crippen molar-refractivity contribution in [3.8, 4) is 0 Å². The third-order valence-electron chi connectivity index (χ3n) is 3.57. The lowest BCUT2D eigenvalue weighted by Gasteiger charge is -2.39. The Morgan fingerprint density at radius 3 is 2.33 bits per heavy atom. The predicted octanol–water partition coefficient (Wildman–Crippen LogP) is 1.06. The van der Waals surface area contributed by atoms with Crippen molar-refractivity contribution in [1.29, 1.82) is 0 Å². The highest BCUT2D eigenvalue weighted by molar-refractivity contribution is 4.92. The molecule has 2 nitrogen and oxygen atoms in total. The van der Waals surface area contributed by atoms with Crippen molar-refractivity contribution in [2.45, 2.75) is 38.3 Å². The van der Waals surface area contributed by atoms with Crippen molar-refractivity contribution in [1.82, 2.24) is 4.90 Å². The first-order valence-electron chi connectivity index (χ1n) is 5.12. The van der Waals surface area contributed by atoms with Gasteiger partial charge in [-0.2, -0.15) is 0 Å². The number of nitrogens with zero attached hydrogens (tertiary/aromatic N) is 1. The van der Waals surface area contributed by atoms with Gasteiger partial charge in [0, 0.05) is 18.6 Å². The topological polar surface area (TPSA) is 29.3 Å². The summed E-state index contributed by atoms with van der Waals surface area (Å²) in [5.41, 5.74) is 5.75. The molecule has 2 aliphatic carbocycles. The van der Waals surface area contributed by atoms with E-state index in [0.717, 1.165) is 17.9 Å². The van der Waals surface area contributed by atoms with Gasteiger partial charge in [0.1, 0.15) is 0 Å². The van der Waals surface area contributed by atoms with E-state index < -0.39 is 0 Å². The molecule has 0 aromatic carbocycles. The Balaban J connectivity index is 1.67. The van der Waals surface area contributed by atoms with Crippen LogP contribution in [0, 0.1) is 11.8 Å². The molecule has 2 atom stereocenters. The van der Waals surface area contributed by atoms with Crippen LogP contribution in [0.2, 0.25) is 0 Å². The molecule has 2 heteroatoms. The van der Waals surface area contributed by atoms with E-state index in [0.29, 0.717) is 6.04 Å². The van der Waals surface area contributed by atoms with Crippen LogP contribution in [0.4, 0.5) is 0 Å². The van der Waals surface area contributed by atoms with E-state index in [1.807, 2.05) is 0 Å². The first-order valence-corrected chi connectivity index (χ1v) is 5.12.